The van der Waals surface area contributed by atoms with Crippen LogP contribution in [-0.2, 0) is 0 Å². The van der Waals surface area contributed by atoms with Gasteiger partial charge in [0.2, 0.25) is 0 Å². The third-order valence-electron chi connectivity index (χ3n) is 1.40. The van der Waals surface area contributed by atoms with E-state index in [0.717, 1.165) is 0 Å². The van der Waals surface area contributed by atoms with Crippen LogP contribution in [0.4, 0.5) is 8.78 Å². The fraction of sp³-hybridized carbons (Fsp3) is 0.333. The second kappa shape index (κ2) is 2.88. The first-order valence-electron chi connectivity index (χ1n) is 3.10. The number of carbonyl (C=O) groups is 1. The van der Waals surface area contributed by atoms with Crippen molar-refractivity contribution in [1.29, 1.82) is 0 Å². The second-order valence-corrected chi connectivity index (χ2v) is 2.21. The molecule has 0 radical (unpaired) electrons. The Balaban J connectivity index is 3.21. The molecule has 1 aromatic rings. The van der Waals surface area contributed by atoms with E-state index >= 15 is 0 Å². The number of nitrogens with one attached hydrogen (secondary N) is 1. The molecule has 0 bridgehead atoms. The third kappa shape index (κ3) is 1.27. The molecule has 1 rings (SSSR count). The number of rotatable bonds is 2. The van der Waals surface area contributed by atoms with Gasteiger partial charge in [-0.1, -0.05) is 0 Å². The average molecular weight is 176 g/mol. The lowest BCUT2D eigenvalue weighted by atomic mass is 10.2. The molecule has 0 saturated heterocycles. The molecular formula is C6H6F2N2O2. The Hall–Kier alpha value is -1.46. The summed E-state index contributed by atoms with van der Waals surface area (Å²) < 4.78 is 24.1. The van der Waals surface area contributed by atoms with Crippen molar-refractivity contribution in [3.63, 3.8) is 0 Å². The van der Waals surface area contributed by atoms with Crippen LogP contribution in [0.5, 0.6) is 0 Å². The molecule has 0 amide bonds. The van der Waals surface area contributed by atoms with Gasteiger partial charge in [-0.25, -0.2) is 13.6 Å². The molecule has 0 aliphatic heterocycles. The SMILES string of the molecule is Cc1[nH]nc(C(F)F)c1C(=O)O. The van der Waals surface area contributed by atoms with E-state index in [1.807, 2.05) is 0 Å². The summed E-state index contributed by atoms with van der Waals surface area (Å²) in [4.78, 5) is 10.4. The fourth-order valence-corrected chi connectivity index (χ4v) is 0.876. The van der Waals surface area contributed by atoms with E-state index in [0.29, 0.717) is 0 Å². The molecule has 0 spiro atoms. The first-order valence-corrected chi connectivity index (χ1v) is 3.10. The number of carboxylic acids is 1. The maximum atomic E-state index is 12.1. The van der Waals surface area contributed by atoms with Crippen molar-refractivity contribution in [3.8, 4) is 0 Å². The molecule has 0 unspecified atom stereocenters. The summed E-state index contributed by atoms with van der Waals surface area (Å²) in [5.41, 5.74) is -1.01. The summed E-state index contributed by atoms with van der Waals surface area (Å²) in [5.74, 6) is -1.39. The topological polar surface area (TPSA) is 66.0 Å². The summed E-state index contributed by atoms with van der Waals surface area (Å²) in [6, 6.07) is 0. The zero-order valence-electron chi connectivity index (χ0n) is 6.14. The second-order valence-electron chi connectivity index (χ2n) is 2.21. The Morgan fingerprint density at radius 1 is 1.67 bits per heavy atom. The summed E-state index contributed by atoms with van der Waals surface area (Å²) in [5, 5.41) is 13.9. The lowest BCUT2D eigenvalue weighted by molar-refractivity contribution is 0.0683. The van der Waals surface area contributed by atoms with Gasteiger partial charge < -0.3 is 5.11 Å². The Morgan fingerprint density at radius 3 is 2.58 bits per heavy atom. The molecule has 0 atom stereocenters. The fourth-order valence-electron chi connectivity index (χ4n) is 0.876. The molecule has 1 aromatic heterocycles. The standard InChI is InChI=1S/C6H6F2N2O2/c1-2-3(6(11)12)4(5(7)8)10-9-2/h5H,1H3,(H,9,10)(H,11,12). The molecule has 4 nitrogen and oxygen atoms in total. The highest BCUT2D eigenvalue weighted by Crippen LogP contribution is 2.22. The Morgan fingerprint density at radius 2 is 2.25 bits per heavy atom. The highest BCUT2D eigenvalue weighted by atomic mass is 19.3. The molecule has 0 fully saturated rings. The zero-order valence-corrected chi connectivity index (χ0v) is 6.14. The van der Waals surface area contributed by atoms with Gasteiger partial charge in [-0.15, -0.1) is 0 Å². The van der Waals surface area contributed by atoms with E-state index in [2.05, 4.69) is 10.2 Å². The van der Waals surface area contributed by atoms with Crippen molar-refractivity contribution in [1.82, 2.24) is 10.2 Å². The minimum absolute atomic E-state index is 0.137. The van der Waals surface area contributed by atoms with Crippen molar-refractivity contribution in [2.45, 2.75) is 13.3 Å². The number of aromatic carboxylic acids is 1. The Kier molecular flexibility index (Phi) is 2.07. The minimum atomic E-state index is -2.86. The Labute approximate surface area is 66.2 Å². The number of halogens is 2. The van der Waals surface area contributed by atoms with Crippen molar-refractivity contribution in [3.05, 3.63) is 17.0 Å². The van der Waals surface area contributed by atoms with Crippen LogP contribution in [0, 0.1) is 6.92 Å². The van der Waals surface area contributed by atoms with Gasteiger partial charge >= 0.3 is 5.97 Å². The van der Waals surface area contributed by atoms with Gasteiger partial charge in [0.15, 0.2) is 0 Å². The molecule has 0 aliphatic rings. The Bertz CT molecular complexity index is 308. The van der Waals surface area contributed by atoms with Crippen LogP contribution in [-0.4, -0.2) is 21.3 Å². The highest BCUT2D eigenvalue weighted by molar-refractivity contribution is 5.90. The summed E-state index contributed by atoms with van der Waals surface area (Å²) >= 11 is 0. The predicted molar refractivity (Wildman–Crippen MR) is 35.2 cm³/mol. The van der Waals surface area contributed by atoms with Gasteiger partial charge in [-0.05, 0) is 6.92 Å². The largest absolute Gasteiger partial charge is 0.478 e. The van der Waals surface area contributed by atoms with E-state index in [1.165, 1.54) is 6.92 Å². The van der Waals surface area contributed by atoms with Crippen LogP contribution in [0.15, 0.2) is 0 Å². The van der Waals surface area contributed by atoms with E-state index < -0.39 is 23.7 Å². The van der Waals surface area contributed by atoms with Crippen LogP contribution in [0.25, 0.3) is 0 Å². The summed E-state index contributed by atoms with van der Waals surface area (Å²) in [6.07, 6.45) is -2.86. The monoisotopic (exact) mass is 176 g/mol. The van der Waals surface area contributed by atoms with Gasteiger partial charge in [0.1, 0.15) is 11.3 Å². The lowest BCUT2D eigenvalue weighted by Crippen LogP contribution is -2.02. The molecule has 0 aromatic carbocycles. The maximum absolute atomic E-state index is 12.1. The molecule has 0 aliphatic carbocycles. The highest BCUT2D eigenvalue weighted by Gasteiger charge is 2.23. The lowest BCUT2D eigenvalue weighted by Gasteiger charge is -1.95. The van der Waals surface area contributed by atoms with Crippen molar-refractivity contribution in [2.24, 2.45) is 0 Å². The van der Waals surface area contributed by atoms with Gasteiger partial charge in [0.05, 0.1) is 0 Å². The average Bonchev–Trinajstić information content (AvgIpc) is 2.30. The third-order valence-corrected chi connectivity index (χ3v) is 1.40. The molecular weight excluding hydrogens is 170 g/mol. The minimum Gasteiger partial charge on any atom is -0.478 e. The predicted octanol–water partition coefficient (Wildman–Crippen LogP) is 1.35. The van der Waals surface area contributed by atoms with Crippen LogP contribution >= 0.6 is 0 Å². The van der Waals surface area contributed by atoms with Gasteiger partial charge in [-0.2, -0.15) is 5.10 Å². The van der Waals surface area contributed by atoms with Gasteiger partial charge in [0.25, 0.3) is 6.43 Å². The summed E-state index contributed by atoms with van der Waals surface area (Å²) in [6.45, 7) is 1.38. The van der Waals surface area contributed by atoms with Crippen molar-refractivity contribution < 1.29 is 18.7 Å². The van der Waals surface area contributed by atoms with E-state index in [-0.39, 0.29) is 5.69 Å². The molecule has 1 heterocycles. The number of aryl methyl sites for hydroxylation is 1. The van der Waals surface area contributed by atoms with Crippen LogP contribution in [0.1, 0.15) is 28.2 Å². The normalized spacial score (nSPS) is 10.7. The number of hydrogen-bond donors (Lipinski definition) is 2. The number of aromatic nitrogens is 2. The number of carboxylic acid groups (broad SMARTS) is 1. The zero-order chi connectivity index (χ0) is 9.30. The number of aromatic amines is 1. The molecule has 12 heavy (non-hydrogen) atoms. The smallest absolute Gasteiger partial charge is 0.339 e. The van der Waals surface area contributed by atoms with E-state index in [4.69, 9.17) is 5.11 Å². The molecule has 2 N–H and O–H groups in total. The quantitative estimate of drug-likeness (QED) is 0.714. The number of hydrogen-bond acceptors (Lipinski definition) is 2. The molecule has 66 valence electrons. The molecule has 6 heteroatoms. The number of nitrogens with zero attached hydrogens (tertiary/aromatic N) is 1. The summed E-state index contributed by atoms with van der Waals surface area (Å²) in [7, 11) is 0. The van der Waals surface area contributed by atoms with Gasteiger partial charge in [0, 0.05) is 5.69 Å². The van der Waals surface area contributed by atoms with Crippen LogP contribution in [0.3, 0.4) is 0 Å². The maximum Gasteiger partial charge on any atom is 0.339 e. The van der Waals surface area contributed by atoms with Crippen molar-refractivity contribution in [2.75, 3.05) is 0 Å². The number of H-pyrrole nitrogens is 1. The molecule has 0 saturated carbocycles. The van der Waals surface area contributed by atoms with E-state index in [9.17, 15) is 13.6 Å². The van der Waals surface area contributed by atoms with Crippen LogP contribution < -0.4 is 0 Å². The number of alkyl halides is 2. The van der Waals surface area contributed by atoms with E-state index in [1.54, 1.807) is 0 Å². The van der Waals surface area contributed by atoms with Crippen LogP contribution in [0.2, 0.25) is 0 Å². The van der Waals surface area contributed by atoms with Gasteiger partial charge in [-0.3, -0.25) is 5.10 Å². The first-order chi connectivity index (χ1) is 5.54. The first kappa shape index (κ1) is 8.63. The van der Waals surface area contributed by atoms with Crippen molar-refractivity contribution >= 4 is 5.97 Å².